The van der Waals surface area contributed by atoms with Crippen LogP contribution in [0.25, 0.3) is 22.8 Å². The van der Waals surface area contributed by atoms with Crippen molar-refractivity contribution in [2.45, 2.75) is 0 Å². The lowest BCUT2D eigenvalue weighted by atomic mass is 10.2. The third-order valence-electron chi connectivity index (χ3n) is 3.45. The summed E-state index contributed by atoms with van der Waals surface area (Å²) in [5, 5.41) is 3.24. The highest BCUT2D eigenvalue weighted by Crippen LogP contribution is 2.26. The first-order valence-electron chi connectivity index (χ1n) is 7.26. The Morgan fingerprint density at radius 3 is 2.17 bits per heavy atom. The van der Waals surface area contributed by atoms with Crippen LogP contribution in [0.1, 0.15) is 11.3 Å². The van der Waals surface area contributed by atoms with E-state index in [9.17, 15) is 0 Å². The van der Waals surface area contributed by atoms with Gasteiger partial charge in [-0.25, -0.2) is 4.98 Å². The quantitative estimate of drug-likeness (QED) is 0.665. The maximum Gasteiger partial charge on any atom is 0.139 e. The van der Waals surface area contributed by atoms with Gasteiger partial charge in [0.25, 0.3) is 0 Å². The zero-order valence-electron chi connectivity index (χ0n) is 12.7. The Hall–Kier alpha value is -3.27. The summed E-state index contributed by atoms with van der Waals surface area (Å²) >= 11 is 0. The Labute approximate surface area is 135 Å². The van der Waals surface area contributed by atoms with Crippen LogP contribution in [-0.2, 0) is 0 Å². The maximum atomic E-state index is 5.87. The third kappa shape index (κ3) is 3.16. The number of nitrogens with zero attached hydrogens (tertiary/aromatic N) is 1. The van der Waals surface area contributed by atoms with Crippen molar-refractivity contribution in [2.24, 2.45) is 5.73 Å². The molecule has 0 aliphatic carbocycles. The summed E-state index contributed by atoms with van der Waals surface area (Å²) in [5.41, 5.74) is 9.60. The van der Waals surface area contributed by atoms with Crippen LogP contribution in [0.4, 0.5) is 5.82 Å². The van der Waals surface area contributed by atoms with Gasteiger partial charge < -0.3 is 16.0 Å². The Kier molecular flexibility index (Phi) is 3.97. The number of aromatic amines is 1. The van der Waals surface area contributed by atoms with Crippen LogP contribution >= 0.6 is 0 Å². The van der Waals surface area contributed by atoms with Gasteiger partial charge in [-0.15, -0.1) is 0 Å². The van der Waals surface area contributed by atoms with E-state index >= 15 is 0 Å². The number of anilines is 1. The SMILES string of the molecule is C=C(Nc1[nH]c(-c2ccccc2)nc1C(=C)N)c1ccccc1. The molecule has 0 spiro atoms. The van der Waals surface area contributed by atoms with Gasteiger partial charge in [0.05, 0.1) is 5.70 Å². The zero-order valence-corrected chi connectivity index (χ0v) is 12.7. The Balaban J connectivity index is 1.94. The van der Waals surface area contributed by atoms with Crippen molar-refractivity contribution in [1.82, 2.24) is 9.97 Å². The number of rotatable bonds is 5. The van der Waals surface area contributed by atoms with Crippen molar-refractivity contribution in [1.29, 1.82) is 0 Å². The van der Waals surface area contributed by atoms with E-state index in [0.29, 0.717) is 17.2 Å². The summed E-state index contributed by atoms with van der Waals surface area (Å²) in [5.74, 6) is 1.42. The van der Waals surface area contributed by atoms with Crippen molar-refractivity contribution >= 4 is 17.2 Å². The van der Waals surface area contributed by atoms with Crippen LogP contribution in [-0.4, -0.2) is 9.97 Å². The molecule has 4 N–H and O–H groups in total. The highest BCUT2D eigenvalue weighted by atomic mass is 15.1. The van der Waals surface area contributed by atoms with Crippen molar-refractivity contribution in [3.63, 3.8) is 0 Å². The molecule has 0 amide bonds. The molecule has 0 bridgehead atoms. The molecule has 3 rings (SSSR count). The van der Waals surface area contributed by atoms with E-state index in [0.717, 1.165) is 22.6 Å². The number of H-pyrrole nitrogens is 1. The molecular weight excluding hydrogens is 284 g/mol. The molecule has 114 valence electrons. The van der Waals surface area contributed by atoms with Crippen LogP contribution in [0.5, 0.6) is 0 Å². The molecule has 1 aromatic heterocycles. The van der Waals surface area contributed by atoms with Crippen LogP contribution < -0.4 is 11.1 Å². The second-order valence-corrected chi connectivity index (χ2v) is 5.17. The normalized spacial score (nSPS) is 10.3. The summed E-state index contributed by atoms with van der Waals surface area (Å²) in [7, 11) is 0. The Morgan fingerprint density at radius 1 is 0.957 bits per heavy atom. The molecule has 0 unspecified atom stereocenters. The smallest absolute Gasteiger partial charge is 0.139 e. The van der Waals surface area contributed by atoms with E-state index in [1.54, 1.807) is 0 Å². The first kappa shape index (κ1) is 14.7. The number of aromatic nitrogens is 2. The average Bonchev–Trinajstić information content (AvgIpc) is 3.00. The summed E-state index contributed by atoms with van der Waals surface area (Å²) in [4.78, 5) is 7.80. The van der Waals surface area contributed by atoms with Crippen molar-refractivity contribution < 1.29 is 0 Å². The lowest BCUT2D eigenvalue weighted by molar-refractivity contribution is 1.29. The van der Waals surface area contributed by atoms with Crippen molar-refractivity contribution in [2.75, 3.05) is 5.32 Å². The third-order valence-corrected chi connectivity index (χ3v) is 3.45. The van der Waals surface area contributed by atoms with Gasteiger partial charge in [-0.1, -0.05) is 73.8 Å². The first-order valence-corrected chi connectivity index (χ1v) is 7.26. The molecule has 0 aliphatic heterocycles. The lowest BCUT2D eigenvalue weighted by Crippen LogP contribution is -2.03. The van der Waals surface area contributed by atoms with Crippen molar-refractivity contribution in [3.05, 3.63) is 85.1 Å². The van der Waals surface area contributed by atoms with Gasteiger partial charge in [-0.2, -0.15) is 0 Å². The minimum Gasteiger partial charge on any atom is -0.397 e. The average molecular weight is 302 g/mol. The molecule has 0 atom stereocenters. The molecule has 0 fully saturated rings. The van der Waals surface area contributed by atoms with Gasteiger partial charge in [0.2, 0.25) is 0 Å². The fourth-order valence-corrected chi connectivity index (χ4v) is 2.29. The zero-order chi connectivity index (χ0) is 16.2. The topological polar surface area (TPSA) is 66.7 Å². The fraction of sp³-hybridized carbons (Fsp3) is 0. The van der Waals surface area contributed by atoms with Crippen LogP contribution in [0, 0.1) is 0 Å². The molecular formula is C19H18N4. The van der Waals surface area contributed by atoms with Crippen molar-refractivity contribution in [3.8, 4) is 11.4 Å². The molecule has 3 aromatic rings. The highest BCUT2D eigenvalue weighted by Gasteiger charge is 2.13. The molecule has 4 nitrogen and oxygen atoms in total. The predicted molar refractivity (Wildman–Crippen MR) is 96.3 cm³/mol. The lowest BCUT2D eigenvalue weighted by Gasteiger charge is -2.09. The largest absolute Gasteiger partial charge is 0.397 e. The molecule has 1 heterocycles. The van der Waals surface area contributed by atoms with Crippen LogP contribution in [0.3, 0.4) is 0 Å². The van der Waals surface area contributed by atoms with E-state index in [-0.39, 0.29) is 0 Å². The number of hydrogen-bond acceptors (Lipinski definition) is 3. The van der Waals surface area contributed by atoms with Gasteiger partial charge in [-0.3, -0.25) is 0 Å². The molecule has 2 aromatic carbocycles. The van der Waals surface area contributed by atoms with E-state index in [1.807, 2.05) is 60.7 Å². The molecule has 4 heteroatoms. The molecule has 0 radical (unpaired) electrons. The van der Waals surface area contributed by atoms with E-state index in [1.165, 1.54) is 0 Å². The van der Waals surface area contributed by atoms with Gasteiger partial charge >= 0.3 is 0 Å². The molecule has 0 saturated heterocycles. The summed E-state index contributed by atoms with van der Waals surface area (Å²) < 4.78 is 0. The standard InChI is InChI=1S/C19H18N4/c1-13(20)17-19(21-14(2)15-9-5-3-6-10-15)23-18(22-17)16-11-7-4-8-12-16/h3-12,21H,1-2,20H2,(H,22,23). The number of nitrogens with two attached hydrogens (primary N) is 1. The minimum atomic E-state index is 0.395. The maximum absolute atomic E-state index is 5.87. The number of imidazole rings is 1. The summed E-state index contributed by atoms with van der Waals surface area (Å²) in [6.45, 7) is 7.87. The van der Waals surface area contributed by atoms with Crippen LogP contribution in [0.15, 0.2) is 73.8 Å². The summed E-state index contributed by atoms with van der Waals surface area (Å²) in [6, 6.07) is 19.7. The number of benzene rings is 2. The van der Waals surface area contributed by atoms with Gasteiger partial charge in [0.15, 0.2) is 0 Å². The van der Waals surface area contributed by atoms with E-state index in [2.05, 4.69) is 28.4 Å². The first-order chi connectivity index (χ1) is 11.1. The molecule has 23 heavy (non-hydrogen) atoms. The van der Waals surface area contributed by atoms with Gasteiger partial charge in [0, 0.05) is 11.3 Å². The minimum absolute atomic E-state index is 0.395. The second kappa shape index (κ2) is 6.23. The fourth-order valence-electron chi connectivity index (χ4n) is 2.29. The highest BCUT2D eigenvalue weighted by molar-refractivity contribution is 5.81. The number of hydrogen-bond donors (Lipinski definition) is 3. The second-order valence-electron chi connectivity index (χ2n) is 5.17. The van der Waals surface area contributed by atoms with Gasteiger partial charge in [-0.05, 0) is 5.56 Å². The van der Waals surface area contributed by atoms with Crippen LogP contribution in [0.2, 0.25) is 0 Å². The molecule has 0 saturated carbocycles. The Bertz CT molecular complexity index is 832. The Morgan fingerprint density at radius 2 is 1.57 bits per heavy atom. The summed E-state index contributed by atoms with van der Waals surface area (Å²) in [6.07, 6.45) is 0. The monoisotopic (exact) mass is 302 g/mol. The van der Waals surface area contributed by atoms with E-state index in [4.69, 9.17) is 5.73 Å². The van der Waals surface area contributed by atoms with Gasteiger partial charge in [0.1, 0.15) is 17.3 Å². The van der Waals surface area contributed by atoms with E-state index < -0.39 is 0 Å². The molecule has 0 aliphatic rings. The predicted octanol–water partition coefficient (Wildman–Crippen LogP) is 4.09. The number of nitrogens with one attached hydrogen (secondary N) is 2.